The summed E-state index contributed by atoms with van der Waals surface area (Å²) in [7, 11) is 0. The van der Waals surface area contributed by atoms with E-state index in [2.05, 4.69) is 32.2 Å². The molecule has 0 saturated heterocycles. The van der Waals surface area contributed by atoms with Crippen LogP contribution in [0.4, 0.5) is 4.39 Å². The number of aliphatic hydroxyl groups excluding tert-OH is 1. The van der Waals surface area contributed by atoms with Crippen molar-refractivity contribution >= 4 is 11.9 Å². The van der Waals surface area contributed by atoms with Crippen LogP contribution in [0.3, 0.4) is 0 Å². The first kappa shape index (κ1) is 30.0. The minimum absolute atomic E-state index is 0.0191. The number of aliphatic hydroxyl groups is 1. The van der Waals surface area contributed by atoms with Crippen molar-refractivity contribution in [3.63, 3.8) is 0 Å². The van der Waals surface area contributed by atoms with Crippen LogP contribution in [0.15, 0.2) is 66.8 Å². The molecule has 0 amide bonds. The van der Waals surface area contributed by atoms with Crippen LogP contribution >= 0.6 is 0 Å². The van der Waals surface area contributed by atoms with Crippen molar-refractivity contribution in [2.45, 2.75) is 65.4 Å². The van der Waals surface area contributed by atoms with E-state index in [1.165, 1.54) is 31.4 Å². The maximum absolute atomic E-state index is 15.0. The molecule has 5 nitrogen and oxygen atoms in total. The van der Waals surface area contributed by atoms with Gasteiger partial charge in [0.2, 0.25) is 0 Å². The number of hydrogen-bond donors (Lipinski definition) is 1. The van der Waals surface area contributed by atoms with Gasteiger partial charge in [0, 0.05) is 17.1 Å². The molecule has 0 bridgehead atoms. The molecule has 0 aliphatic heterocycles. The van der Waals surface area contributed by atoms with Crippen molar-refractivity contribution in [3.8, 4) is 11.1 Å². The largest absolute Gasteiger partial charge is 0.462 e. The molecule has 0 fully saturated rings. The summed E-state index contributed by atoms with van der Waals surface area (Å²) < 4.78 is 25.5. The van der Waals surface area contributed by atoms with E-state index in [1.54, 1.807) is 13.0 Å². The fourth-order valence-corrected chi connectivity index (χ4v) is 3.74. The molecule has 0 saturated carbocycles. The van der Waals surface area contributed by atoms with Gasteiger partial charge in [-0.25, -0.2) is 14.0 Å². The Morgan fingerprint density at radius 3 is 2.14 bits per heavy atom. The van der Waals surface area contributed by atoms with Crippen LogP contribution in [0, 0.1) is 11.7 Å². The first-order valence-electron chi connectivity index (χ1n) is 12.9. The Bertz CT molecular complexity index is 1070. The van der Waals surface area contributed by atoms with Crippen LogP contribution in [-0.2, 0) is 31.9 Å². The predicted octanol–water partition coefficient (Wildman–Crippen LogP) is 6.37. The number of carbonyl (C=O) groups excluding carboxylic acids is 2. The molecule has 37 heavy (non-hydrogen) atoms. The third-order valence-corrected chi connectivity index (χ3v) is 6.22. The van der Waals surface area contributed by atoms with Gasteiger partial charge in [-0.3, -0.25) is 0 Å². The van der Waals surface area contributed by atoms with E-state index in [-0.39, 0.29) is 36.1 Å². The van der Waals surface area contributed by atoms with Crippen LogP contribution in [0.1, 0.15) is 57.6 Å². The van der Waals surface area contributed by atoms with Crippen molar-refractivity contribution in [1.82, 2.24) is 0 Å². The predicted molar refractivity (Wildman–Crippen MR) is 144 cm³/mol. The second kappa shape index (κ2) is 15.1. The fourth-order valence-electron chi connectivity index (χ4n) is 3.74. The number of carbonyl (C=O) groups is 2. The lowest BCUT2D eigenvalue weighted by Crippen LogP contribution is -2.24. The zero-order valence-corrected chi connectivity index (χ0v) is 22.2. The van der Waals surface area contributed by atoms with Gasteiger partial charge in [-0.15, -0.1) is 0 Å². The standard InChI is InChI=1S/C31H39FO5/c1-6-7-8-9-24-12-15-27(16-13-24)28-17-14-25(18-29(28)32)10-11-26(19-36-30(34)21(2)3)20-37-31(35)22(4)23(5)33/h12-18,23,26,33H,2,4,6-11,19-20H2,1,3,5H3. The number of halogens is 1. The van der Waals surface area contributed by atoms with Gasteiger partial charge in [0.05, 0.1) is 24.9 Å². The van der Waals surface area contributed by atoms with Gasteiger partial charge in [-0.1, -0.05) is 69.3 Å². The molecule has 2 atom stereocenters. The minimum Gasteiger partial charge on any atom is -0.462 e. The number of hydrogen-bond acceptors (Lipinski definition) is 5. The zero-order chi connectivity index (χ0) is 27.4. The highest BCUT2D eigenvalue weighted by Crippen LogP contribution is 2.25. The highest BCUT2D eigenvalue weighted by molar-refractivity contribution is 5.88. The maximum atomic E-state index is 15.0. The molecule has 2 rings (SSSR count). The normalized spacial score (nSPS) is 12.5. The Balaban J connectivity index is 2.03. The lowest BCUT2D eigenvalue weighted by molar-refractivity contribution is -0.144. The van der Waals surface area contributed by atoms with Crippen LogP contribution in [-0.4, -0.2) is 36.4 Å². The molecule has 0 radical (unpaired) electrons. The van der Waals surface area contributed by atoms with E-state index in [1.807, 2.05) is 18.2 Å². The molecule has 0 spiro atoms. The number of esters is 2. The summed E-state index contributed by atoms with van der Waals surface area (Å²) in [4.78, 5) is 23.9. The highest BCUT2D eigenvalue weighted by Gasteiger charge is 2.19. The summed E-state index contributed by atoms with van der Waals surface area (Å²) >= 11 is 0. The van der Waals surface area contributed by atoms with E-state index >= 15 is 0 Å². The molecule has 0 heterocycles. The number of aryl methyl sites for hydroxylation is 2. The van der Waals surface area contributed by atoms with Crippen LogP contribution < -0.4 is 0 Å². The van der Waals surface area contributed by atoms with Gasteiger partial charge in [0.1, 0.15) is 5.82 Å². The van der Waals surface area contributed by atoms with E-state index in [4.69, 9.17) is 9.47 Å². The first-order chi connectivity index (χ1) is 17.6. The molecule has 2 aromatic carbocycles. The molecule has 2 unspecified atom stereocenters. The fraction of sp³-hybridized carbons (Fsp3) is 0.419. The van der Waals surface area contributed by atoms with Gasteiger partial charge in [0.25, 0.3) is 0 Å². The lowest BCUT2D eigenvalue weighted by atomic mass is 9.97. The van der Waals surface area contributed by atoms with Gasteiger partial charge in [-0.2, -0.15) is 0 Å². The molecule has 0 aromatic heterocycles. The number of ether oxygens (including phenoxy) is 2. The van der Waals surface area contributed by atoms with Crippen LogP contribution in [0.5, 0.6) is 0 Å². The van der Waals surface area contributed by atoms with Crippen LogP contribution in [0.2, 0.25) is 0 Å². The second-order valence-electron chi connectivity index (χ2n) is 9.55. The number of benzene rings is 2. The average molecular weight is 511 g/mol. The summed E-state index contributed by atoms with van der Waals surface area (Å²) in [5, 5.41) is 9.52. The Morgan fingerprint density at radius 2 is 1.57 bits per heavy atom. The monoisotopic (exact) mass is 510 g/mol. The van der Waals surface area contributed by atoms with E-state index in [9.17, 15) is 19.1 Å². The van der Waals surface area contributed by atoms with Gasteiger partial charge < -0.3 is 14.6 Å². The van der Waals surface area contributed by atoms with E-state index in [0.29, 0.717) is 18.4 Å². The average Bonchev–Trinajstić information content (AvgIpc) is 2.88. The first-order valence-corrected chi connectivity index (χ1v) is 12.9. The molecular formula is C31H39FO5. The molecule has 0 aliphatic carbocycles. The molecule has 200 valence electrons. The molecule has 6 heteroatoms. The summed E-state index contributed by atoms with van der Waals surface area (Å²) in [6.07, 6.45) is 4.53. The third-order valence-electron chi connectivity index (χ3n) is 6.22. The second-order valence-corrected chi connectivity index (χ2v) is 9.55. The molecular weight excluding hydrogens is 471 g/mol. The number of unbranched alkanes of at least 4 members (excludes halogenated alkanes) is 2. The Morgan fingerprint density at radius 1 is 0.946 bits per heavy atom. The van der Waals surface area contributed by atoms with Gasteiger partial charge in [-0.05, 0) is 62.3 Å². The zero-order valence-electron chi connectivity index (χ0n) is 22.2. The van der Waals surface area contributed by atoms with Crippen molar-refractivity contribution in [2.24, 2.45) is 5.92 Å². The quantitative estimate of drug-likeness (QED) is 0.171. The van der Waals surface area contributed by atoms with E-state index < -0.39 is 18.0 Å². The van der Waals surface area contributed by atoms with Crippen molar-refractivity contribution < 1.29 is 28.6 Å². The smallest absolute Gasteiger partial charge is 0.336 e. The van der Waals surface area contributed by atoms with Crippen molar-refractivity contribution in [3.05, 3.63) is 83.7 Å². The summed E-state index contributed by atoms with van der Waals surface area (Å²) in [5.41, 5.74) is 3.63. The Hall–Kier alpha value is -3.25. The summed E-state index contributed by atoms with van der Waals surface area (Å²) in [6, 6.07) is 13.2. The van der Waals surface area contributed by atoms with Gasteiger partial charge >= 0.3 is 11.9 Å². The Labute approximate surface area is 220 Å². The Kier molecular flexibility index (Phi) is 12.2. The molecule has 2 aromatic rings. The van der Waals surface area contributed by atoms with Gasteiger partial charge in [0.15, 0.2) is 0 Å². The molecule has 0 aliphatic rings. The number of rotatable bonds is 15. The maximum Gasteiger partial charge on any atom is 0.336 e. The lowest BCUT2D eigenvalue weighted by Gasteiger charge is -2.18. The van der Waals surface area contributed by atoms with Crippen molar-refractivity contribution in [2.75, 3.05) is 13.2 Å². The van der Waals surface area contributed by atoms with Crippen molar-refractivity contribution in [1.29, 1.82) is 0 Å². The topological polar surface area (TPSA) is 72.8 Å². The summed E-state index contributed by atoms with van der Waals surface area (Å²) in [6.45, 7) is 12.2. The van der Waals surface area contributed by atoms with E-state index in [0.717, 1.165) is 24.0 Å². The van der Waals surface area contributed by atoms with Crippen LogP contribution in [0.25, 0.3) is 11.1 Å². The summed E-state index contributed by atoms with van der Waals surface area (Å²) in [5.74, 6) is -1.87. The molecule has 1 N–H and O–H groups in total. The third kappa shape index (κ3) is 9.96. The highest BCUT2D eigenvalue weighted by atomic mass is 19.1. The minimum atomic E-state index is -1.02. The SMILES string of the molecule is C=C(C)C(=O)OCC(CCc1ccc(-c2ccc(CCCCC)cc2)c(F)c1)COC(=O)C(=C)C(C)O.